The van der Waals surface area contributed by atoms with Crippen molar-refractivity contribution in [3.8, 4) is 0 Å². The number of alkyl halides is 3. The number of benzene rings is 2. The van der Waals surface area contributed by atoms with Crippen LogP contribution in [0.4, 0.5) is 30.2 Å². The fraction of sp³-hybridized carbons (Fsp3) is 0.143. The van der Waals surface area contributed by atoms with Crippen LogP contribution in [0.1, 0.15) is 11.1 Å². The highest BCUT2D eigenvalue weighted by Gasteiger charge is 2.35. The molecule has 0 atom stereocenters. The summed E-state index contributed by atoms with van der Waals surface area (Å²) in [5.41, 5.74) is -0.453. The molecule has 0 saturated carbocycles. The molecule has 0 bridgehead atoms. The first kappa shape index (κ1) is 14.8. The first-order valence-electron chi connectivity index (χ1n) is 5.97. The van der Waals surface area contributed by atoms with Crippen molar-refractivity contribution in [3.05, 3.63) is 63.7 Å². The van der Waals surface area contributed by atoms with E-state index in [0.717, 1.165) is 17.7 Å². The van der Waals surface area contributed by atoms with Crippen LogP contribution in [-0.4, -0.2) is 4.92 Å². The number of nitro groups is 1. The lowest BCUT2D eigenvalue weighted by Crippen LogP contribution is -2.09. The fourth-order valence-electron chi connectivity index (χ4n) is 1.78. The number of aryl methyl sites for hydroxylation is 1. The van der Waals surface area contributed by atoms with Gasteiger partial charge in [-0.05, 0) is 25.1 Å². The van der Waals surface area contributed by atoms with Crippen LogP contribution in [0.25, 0.3) is 0 Å². The molecule has 2 rings (SSSR count). The number of halogens is 3. The van der Waals surface area contributed by atoms with Crippen molar-refractivity contribution in [1.29, 1.82) is 0 Å². The zero-order valence-corrected chi connectivity index (χ0v) is 10.9. The van der Waals surface area contributed by atoms with E-state index in [1.165, 1.54) is 0 Å². The molecule has 1 N–H and O–H groups in total. The van der Waals surface area contributed by atoms with Crippen molar-refractivity contribution >= 4 is 17.1 Å². The third-order valence-electron chi connectivity index (χ3n) is 2.85. The Bertz CT molecular complexity index is 667. The predicted octanol–water partition coefficient (Wildman–Crippen LogP) is 4.67. The minimum absolute atomic E-state index is 0.225. The number of hydrogen-bond donors (Lipinski definition) is 1. The number of anilines is 2. The van der Waals surface area contributed by atoms with Gasteiger partial charge in [0, 0.05) is 17.8 Å². The lowest BCUT2D eigenvalue weighted by molar-refractivity contribution is -0.385. The molecule has 110 valence electrons. The monoisotopic (exact) mass is 296 g/mol. The van der Waals surface area contributed by atoms with E-state index in [-0.39, 0.29) is 5.69 Å². The summed E-state index contributed by atoms with van der Waals surface area (Å²) in [5, 5.41) is 13.2. The van der Waals surface area contributed by atoms with Gasteiger partial charge in [-0.15, -0.1) is 0 Å². The maximum atomic E-state index is 13.0. The summed E-state index contributed by atoms with van der Waals surface area (Å²) in [5.74, 6) is 0. The maximum Gasteiger partial charge on any atom is 0.418 e. The van der Waals surface area contributed by atoms with E-state index in [9.17, 15) is 23.3 Å². The van der Waals surface area contributed by atoms with Gasteiger partial charge in [0.1, 0.15) is 0 Å². The Labute approximate surface area is 118 Å². The van der Waals surface area contributed by atoms with Gasteiger partial charge in [0.2, 0.25) is 0 Å². The van der Waals surface area contributed by atoms with Gasteiger partial charge in [0.25, 0.3) is 5.69 Å². The van der Waals surface area contributed by atoms with Gasteiger partial charge >= 0.3 is 6.18 Å². The quantitative estimate of drug-likeness (QED) is 0.661. The molecule has 0 saturated heterocycles. The van der Waals surface area contributed by atoms with E-state index in [1.807, 2.05) is 6.92 Å². The Hall–Kier alpha value is -2.57. The molecule has 0 aliphatic heterocycles. The summed E-state index contributed by atoms with van der Waals surface area (Å²) >= 11 is 0. The summed E-state index contributed by atoms with van der Waals surface area (Å²) in [6, 6.07) is 9.39. The van der Waals surface area contributed by atoms with Crippen LogP contribution >= 0.6 is 0 Å². The number of nitrogens with one attached hydrogen (secondary N) is 1. The van der Waals surface area contributed by atoms with Gasteiger partial charge < -0.3 is 5.32 Å². The molecule has 0 unspecified atom stereocenters. The number of non-ortho nitro benzene ring substituents is 1. The number of nitro benzene ring substituents is 1. The third-order valence-corrected chi connectivity index (χ3v) is 2.85. The van der Waals surface area contributed by atoms with Crippen LogP contribution in [0.5, 0.6) is 0 Å². The van der Waals surface area contributed by atoms with Gasteiger partial charge in [0.15, 0.2) is 0 Å². The van der Waals surface area contributed by atoms with Gasteiger partial charge in [0.05, 0.1) is 16.2 Å². The summed E-state index contributed by atoms with van der Waals surface area (Å²) < 4.78 is 39.0. The predicted molar refractivity (Wildman–Crippen MR) is 72.6 cm³/mol. The van der Waals surface area contributed by atoms with Gasteiger partial charge in [-0.3, -0.25) is 10.1 Å². The van der Waals surface area contributed by atoms with Crippen LogP contribution < -0.4 is 5.32 Å². The zero-order chi connectivity index (χ0) is 15.6. The molecule has 0 radical (unpaired) electrons. The molecule has 7 heteroatoms. The highest BCUT2D eigenvalue weighted by Crippen LogP contribution is 2.38. The number of nitrogens with zero attached hydrogens (tertiary/aromatic N) is 1. The average Bonchev–Trinajstić information content (AvgIpc) is 2.40. The van der Waals surface area contributed by atoms with Crippen LogP contribution in [0.3, 0.4) is 0 Å². The third kappa shape index (κ3) is 3.50. The molecule has 0 amide bonds. The average molecular weight is 296 g/mol. The lowest BCUT2D eigenvalue weighted by atomic mass is 10.1. The Morgan fingerprint density at radius 3 is 2.24 bits per heavy atom. The molecular formula is C14H11F3N2O2. The second-order valence-corrected chi connectivity index (χ2v) is 4.48. The summed E-state index contributed by atoms with van der Waals surface area (Å²) in [6.07, 6.45) is -4.68. The summed E-state index contributed by atoms with van der Waals surface area (Å²) in [4.78, 5) is 9.75. The van der Waals surface area contributed by atoms with E-state index >= 15 is 0 Å². The minimum Gasteiger partial charge on any atom is -0.355 e. The van der Waals surface area contributed by atoms with E-state index in [4.69, 9.17) is 0 Å². The normalized spacial score (nSPS) is 11.2. The van der Waals surface area contributed by atoms with Crippen molar-refractivity contribution in [2.45, 2.75) is 13.1 Å². The van der Waals surface area contributed by atoms with Crippen molar-refractivity contribution in [2.75, 3.05) is 5.32 Å². The maximum absolute atomic E-state index is 13.0. The van der Waals surface area contributed by atoms with Crippen LogP contribution in [0, 0.1) is 17.0 Å². The van der Waals surface area contributed by atoms with Crippen molar-refractivity contribution in [3.63, 3.8) is 0 Å². The molecule has 2 aromatic rings. The first-order valence-corrected chi connectivity index (χ1v) is 5.97. The van der Waals surface area contributed by atoms with Gasteiger partial charge in [-0.2, -0.15) is 13.2 Å². The first-order chi connectivity index (χ1) is 9.77. The molecule has 0 heterocycles. The smallest absolute Gasteiger partial charge is 0.355 e. The second kappa shape index (κ2) is 5.43. The van der Waals surface area contributed by atoms with E-state index in [2.05, 4.69) is 5.32 Å². The Morgan fingerprint density at radius 1 is 1.10 bits per heavy atom. The molecule has 4 nitrogen and oxygen atoms in total. The molecule has 0 fully saturated rings. The topological polar surface area (TPSA) is 55.2 Å². The van der Waals surface area contributed by atoms with Crippen molar-refractivity contribution in [2.24, 2.45) is 0 Å². The zero-order valence-electron chi connectivity index (χ0n) is 10.9. The molecular weight excluding hydrogens is 285 g/mol. The van der Waals surface area contributed by atoms with E-state index < -0.39 is 22.4 Å². The van der Waals surface area contributed by atoms with E-state index in [1.54, 1.807) is 24.3 Å². The molecule has 2 aromatic carbocycles. The SMILES string of the molecule is Cc1ccc(Nc2ccc([N+](=O)[O-])cc2C(F)(F)F)cc1. The van der Waals surface area contributed by atoms with Gasteiger partial charge in [-0.1, -0.05) is 17.7 Å². The van der Waals surface area contributed by atoms with Gasteiger partial charge in [-0.25, -0.2) is 0 Å². The Balaban J connectivity index is 2.43. The molecule has 0 aromatic heterocycles. The molecule has 0 aliphatic rings. The van der Waals surface area contributed by atoms with Crippen LogP contribution in [0.15, 0.2) is 42.5 Å². The molecule has 0 spiro atoms. The number of rotatable bonds is 3. The van der Waals surface area contributed by atoms with Crippen LogP contribution in [0.2, 0.25) is 0 Å². The highest BCUT2D eigenvalue weighted by molar-refractivity contribution is 5.66. The lowest BCUT2D eigenvalue weighted by Gasteiger charge is -2.14. The molecule has 0 aliphatic carbocycles. The standard InChI is InChI=1S/C14H11F3N2O2/c1-9-2-4-10(5-3-9)18-13-7-6-11(19(20)21)8-12(13)14(15,16)17/h2-8,18H,1H3. The summed E-state index contributed by atoms with van der Waals surface area (Å²) in [6.45, 7) is 1.86. The number of hydrogen-bond acceptors (Lipinski definition) is 3. The Kier molecular flexibility index (Phi) is 3.84. The van der Waals surface area contributed by atoms with E-state index in [0.29, 0.717) is 11.8 Å². The fourth-order valence-corrected chi connectivity index (χ4v) is 1.78. The minimum atomic E-state index is -4.68. The van der Waals surface area contributed by atoms with Crippen LogP contribution in [-0.2, 0) is 6.18 Å². The highest BCUT2D eigenvalue weighted by atomic mass is 19.4. The van der Waals surface area contributed by atoms with Crippen molar-refractivity contribution in [1.82, 2.24) is 0 Å². The summed E-state index contributed by atoms with van der Waals surface area (Å²) in [7, 11) is 0. The Morgan fingerprint density at radius 2 is 1.71 bits per heavy atom. The van der Waals surface area contributed by atoms with Crippen molar-refractivity contribution < 1.29 is 18.1 Å². The second-order valence-electron chi connectivity index (χ2n) is 4.48. The molecule has 21 heavy (non-hydrogen) atoms. The largest absolute Gasteiger partial charge is 0.418 e.